The van der Waals surface area contributed by atoms with Crippen LogP contribution in [0.1, 0.15) is 31.9 Å². The highest BCUT2D eigenvalue weighted by Gasteiger charge is 2.15. The summed E-state index contributed by atoms with van der Waals surface area (Å²) in [5.41, 5.74) is 0.358. The van der Waals surface area contributed by atoms with Crippen LogP contribution in [0.15, 0.2) is 18.2 Å². The van der Waals surface area contributed by atoms with Crippen LogP contribution < -0.4 is 5.32 Å². The van der Waals surface area contributed by atoms with Crippen LogP contribution >= 0.6 is 0 Å². The predicted octanol–water partition coefficient (Wildman–Crippen LogP) is 2.83. The van der Waals surface area contributed by atoms with Crippen LogP contribution in [-0.4, -0.2) is 11.6 Å². The van der Waals surface area contributed by atoms with Crippen LogP contribution in [0.4, 0.5) is 9.18 Å². The van der Waals surface area contributed by atoms with E-state index < -0.39 is 11.9 Å². The molecule has 4 heteroatoms. The number of carbonyl (C=O) groups excluding carboxylic acids is 1. The summed E-state index contributed by atoms with van der Waals surface area (Å²) in [7, 11) is 0. The maximum absolute atomic E-state index is 13.5. The molecule has 96 valence electrons. The second-order valence-electron chi connectivity index (χ2n) is 4.90. The average Bonchev–Trinajstić information content (AvgIpc) is 2.25. The number of nitrogens with one attached hydrogen (secondary N) is 1. The van der Waals surface area contributed by atoms with Crippen molar-refractivity contribution in [3.63, 3.8) is 0 Å². The minimum atomic E-state index is -0.581. The van der Waals surface area contributed by atoms with E-state index in [1.165, 1.54) is 12.1 Å². The molecule has 0 saturated carbocycles. The van der Waals surface area contributed by atoms with E-state index in [2.05, 4.69) is 11.2 Å². The van der Waals surface area contributed by atoms with Crippen LogP contribution in [-0.2, 0) is 11.3 Å². The molecule has 1 N–H and O–H groups in total. The van der Waals surface area contributed by atoms with Crippen molar-refractivity contribution < 1.29 is 13.9 Å². The molecule has 3 nitrogen and oxygen atoms in total. The largest absolute Gasteiger partial charge is 0.445 e. The van der Waals surface area contributed by atoms with E-state index in [0.29, 0.717) is 5.56 Å². The third-order valence-corrected chi connectivity index (χ3v) is 2.06. The lowest BCUT2D eigenvalue weighted by Crippen LogP contribution is -2.40. The van der Waals surface area contributed by atoms with Gasteiger partial charge in [-0.05, 0) is 32.9 Å². The van der Waals surface area contributed by atoms with Crippen molar-refractivity contribution >= 4 is 6.09 Å². The van der Waals surface area contributed by atoms with Gasteiger partial charge in [0.15, 0.2) is 0 Å². The van der Waals surface area contributed by atoms with Crippen molar-refractivity contribution in [2.45, 2.75) is 32.9 Å². The minimum absolute atomic E-state index is 0.126. The van der Waals surface area contributed by atoms with Crippen LogP contribution in [0, 0.1) is 18.2 Å². The van der Waals surface area contributed by atoms with Crippen molar-refractivity contribution in [1.29, 1.82) is 0 Å². The molecular formula is C14H16FNO2. The molecule has 0 unspecified atom stereocenters. The summed E-state index contributed by atoms with van der Waals surface area (Å²) in [4.78, 5) is 11.4. The summed E-state index contributed by atoms with van der Waals surface area (Å²) in [6, 6.07) is 4.35. The molecule has 0 aliphatic heterocycles. The van der Waals surface area contributed by atoms with Crippen LogP contribution in [0.5, 0.6) is 0 Å². The van der Waals surface area contributed by atoms with Crippen molar-refractivity contribution in [2.75, 3.05) is 0 Å². The quantitative estimate of drug-likeness (QED) is 0.818. The van der Waals surface area contributed by atoms with Gasteiger partial charge in [0.1, 0.15) is 12.4 Å². The molecule has 18 heavy (non-hydrogen) atoms. The molecule has 0 radical (unpaired) electrons. The molecule has 1 rings (SSSR count). The summed E-state index contributed by atoms with van der Waals surface area (Å²) in [5, 5.41) is 2.62. The van der Waals surface area contributed by atoms with Crippen LogP contribution in [0.25, 0.3) is 0 Å². The molecule has 0 atom stereocenters. The molecule has 0 heterocycles. The Bertz CT molecular complexity index is 484. The number of hydrogen-bond donors (Lipinski definition) is 1. The van der Waals surface area contributed by atoms with E-state index in [4.69, 9.17) is 11.2 Å². The minimum Gasteiger partial charge on any atom is -0.445 e. The number of rotatable bonds is 2. The third kappa shape index (κ3) is 4.46. The fourth-order valence-electron chi connectivity index (χ4n) is 1.24. The number of alkyl carbamates (subject to hydrolysis) is 1. The van der Waals surface area contributed by atoms with Crippen LogP contribution in [0.2, 0.25) is 0 Å². The van der Waals surface area contributed by atoms with Crippen molar-refractivity contribution in [3.8, 4) is 12.3 Å². The highest BCUT2D eigenvalue weighted by Crippen LogP contribution is 2.11. The fourth-order valence-corrected chi connectivity index (χ4v) is 1.24. The molecule has 0 spiro atoms. The number of halogens is 1. The maximum atomic E-state index is 13.5. The maximum Gasteiger partial charge on any atom is 0.407 e. The Morgan fingerprint density at radius 2 is 2.17 bits per heavy atom. The Balaban J connectivity index is 2.59. The van der Waals surface area contributed by atoms with Gasteiger partial charge < -0.3 is 10.1 Å². The first-order valence-corrected chi connectivity index (χ1v) is 5.52. The van der Waals surface area contributed by atoms with Gasteiger partial charge in [0.25, 0.3) is 0 Å². The summed E-state index contributed by atoms with van der Waals surface area (Å²) in [5.74, 6) is 1.85. The van der Waals surface area contributed by atoms with Gasteiger partial charge in [0, 0.05) is 16.7 Å². The van der Waals surface area contributed by atoms with Gasteiger partial charge in [-0.2, -0.15) is 0 Å². The monoisotopic (exact) mass is 249 g/mol. The SMILES string of the molecule is C#Cc1ccc(COC(=O)NC(C)(C)C)c(F)c1. The van der Waals surface area contributed by atoms with Gasteiger partial charge in [0.05, 0.1) is 0 Å². The molecule has 0 saturated heterocycles. The van der Waals surface area contributed by atoms with Gasteiger partial charge in [0.2, 0.25) is 0 Å². The normalized spacial score (nSPS) is 10.6. The molecule has 1 aromatic rings. The zero-order chi connectivity index (χ0) is 13.8. The topological polar surface area (TPSA) is 38.3 Å². The summed E-state index contributed by atoms with van der Waals surface area (Å²) >= 11 is 0. The molecule has 0 aliphatic carbocycles. The van der Waals surface area contributed by atoms with E-state index in [9.17, 15) is 9.18 Å². The van der Waals surface area contributed by atoms with Crippen molar-refractivity contribution in [3.05, 3.63) is 35.1 Å². The number of carbonyl (C=O) groups is 1. The molecule has 1 aromatic carbocycles. The standard InChI is InChI=1S/C14H16FNO2/c1-5-10-6-7-11(12(15)8-10)9-18-13(17)16-14(2,3)4/h1,6-8H,9H2,2-4H3,(H,16,17). The summed E-state index contributed by atoms with van der Waals surface area (Å²) in [6.45, 7) is 5.36. The Kier molecular flexibility index (Phi) is 4.33. The van der Waals surface area contributed by atoms with Gasteiger partial charge in [-0.15, -0.1) is 6.42 Å². The van der Waals surface area contributed by atoms with E-state index in [0.717, 1.165) is 0 Å². The Labute approximate surface area is 106 Å². The number of amides is 1. The smallest absolute Gasteiger partial charge is 0.407 e. The van der Waals surface area contributed by atoms with Crippen LogP contribution in [0.3, 0.4) is 0 Å². The van der Waals surface area contributed by atoms with E-state index in [1.54, 1.807) is 6.07 Å². The zero-order valence-electron chi connectivity index (χ0n) is 10.7. The highest BCUT2D eigenvalue weighted by molar-refractivity contribution is 5.68. The second-order valence-corrected chi connectivity index (χ2v) is 4.90. The van der Waals surface area contributed by atoms with E-state index in [1.807, 2.05) is 20.8 Å². The number of benzene rings is 1. The molecule has 0 fully saturated rings. The van der Waals surface area contributed by atoms with Gasteiger partial charge in [-0.1, -0.05) is 12.0 Å². The molecule has 1 amide bonds. The molecule has 0 aromatic heterocycles. The fraction of sp³-hybridized carbons (Fsp3) is 0.357. The molecule has 0 bridgehead atoms. The lowest BCUT2D eigenvalue weighted by Gasteiger charge is -2.20. The van der Waals surface area contributed by atoms with Gasteiger partial charge >= 0.3 is 6.09 Å². The average molecular weight is 249 g/mol. The third-order valence-electron chi connectivity index (χ3n) is 2.06. The predicted molar refractivity (Wildman–Crippen MR) is 67.4 cm³/mol. The van der Waals surface area contributed by atoms with E-state index >= 15 is 0 Å². The lowest BCUT2D eigenvalue weighted by atomic mass is 10.1. The Morgan fingerprint density at radius 3 is 2.67 bits per heavy atom. The van der Waals surface area contributed by atoms with Gasteiger partial charge in [-0.25, -0.2) is 9.18 Å². The highest BCUT2D eigenvalue weighted by atomic mass is 19.1. The van der Waals surface area contributed by atoms with Crippen molar-refractivity contribution in [2.24, 2.45) is 0 Å². The lowest BCUT2D eigenvalue weighted by molar-refractivity contribution is 0.130. The first-order valence-electron chi connectivity index (χ1n) is 5.52. The Morgan fingerprint density at radius 1 is 1.50 bits per heavy atom. The zero-order valence-corrected chi connectivity index (χ0v) is 10.7. The first-order chi connectivity index (χ1) is 8.31. The number of terminal acetylenes is 1. The van der Waals surface area contributed by atoms with Crippen molar-refractivity contribution in [1.82, 2.24) is 5.32 Å². The summed E-state index contributed by atoms with van der Waals surface area (Å²) < 4.78 is 18.4. The number of ether oxygens (including phenoxy) is 1. The first kappa shape index (κ1) is 14.0. The number of hydrogen-bond acceptors (Lipinski definition) is 2. The second kappa shape index (κ2) is 5.54. The molecular weight excluding hydrogens is 233 g/mol. The van der Waals surface area contributed by atoms with Gasteiger partial charge in [-0.3, -0.25) is 0 Å². The Hall–Kier alpha value is -2.02. The van der Waals surface area contributed by atoms with E-state index in [-0.39, 0.29) is 17.7 Å². The summed E-state index contributed by atoms with van der Waals surface area (Å²) in [6.07, 6.45) is 4.57. The molecule has 0 aliphatic rings.